The van der Waals surface area contributed by atoms with Crippen molar-refractivity contribution in [3.63, 3.8) is 0 Å². The van der Waals surface area contributed by atoms with Crippen LogP contribution in [-0.2, 0) is 9.53 Å². The highest BCUT2D eigenvalue weighted by atomic mass is 16.6. The third kappa shape index (κ3) is 6.14. The minimum Gasteiger partial charge on any atom is -0.444 e. The fourth-order valence-electron chi connectivity index (χ4n) is 1.24. The van der Waals surface area contributed by atoms with Gasteiger partial charge in [0.2, 0.25) is 5.91 Å². The largest absolute Gasteiger partial charge is 0.444 e. The molecule has 0 bridgehead atoms. The molecule has 0 rings (SSSR count). The molecule has 17 heavy (non-hydrogen) atoms. The molecular formula is C12H24N2O3. The van der Waals surface area contributed by atoms with Crippen LogP contribution in [0, 0.1) is 5.92 Å². The van der Waals surface area contributed by atoms with E-state index in [4.69, 9.17) is 4.74 Å². The van der Waals surface area contributed by atoms with Gasteiger partial charge >= 0.3 is 6.09 Å². The first-order valence-electron chi connectivity index (χ1n) is 5.75. The molecule has 100 valence electrons. The van der Waals surface area contributed by atoms with Gasteiger partial charge in [-0.3, -0.25) is 4.79 Å². The van der Waals surface area contributed by atoms with E-state index in [9.17, 15) is 9.59 Å². The highest BCUT2D eigenvalue weighted by molar-refractivity contribution is 5.79. The van der Waals surface area contributed by atoms with E-state index in [-0.39, 0.29) is 17.9 Å². The molecule has 0 aliphatic carbocycles. The Bertz CT molecular complexity index is 282. The Balaban J connectivity index is 4.31. The molecule has 1 N–H and O–H groups in total. The van der Waals surface area contributed by atoms with Crippen LogP contribution in [0.1, 0.15) is 34.6 Å². The molecule has 0 aliphatic rings. The van der Waals surface area contributed by atoms with Crippen LogP contribution < -0.4 is 5.32 Å². The quantitative estimate of drug-likeness (QED) is 0.820. The normalized spacial score (nSPS) is 14.8. The van der Waals surface area contributed by atoms with Crippen molar-refractivity contribution in [3.8, 4) is 0 Å². The van der Waals surface area contributed by atoms with Gasteiger partial charge in [0, 0.05) is 20.1 Å². The molecule has 0 saturated heterocycles. The van der Waals surface area contributed by atoms with Crippen molar-refractivity contribution in [2.75, 3.05) is 14.1 Å². The lowest BCUT2D eigenvalue weighted by Gasteiger charge is -2.25. The number of rotatable bonds is 3. The average molecular weight is 244 g/mol. The number of carbonyl (C=O) groups excluding carboxylic acids is 2. The number of alkyl carbamates (subject to hydrolysis) is 1. The SMILES string of the molecule is CC(NC(=O)OC(C)(C)C)C(C)C(=O)N(C)C. The Kier molecular flexibility index (Phi) is 5.45. The number of hydrogen-bond donors (Lipinski definition) is 1. The van der Waals surface area contributed by atoms with Gasteiger partial charge in [-0.2, -0.15) is 0 Å². The number of nitrogens with one attached hydrogen (secondary N) is 1. The van der Waals surface area contributed by atoms with Crippen molar-refractivity contribution in [2.24, 2.45) is 5.92 Å². The Morgan fingerprint density at radius 2 is 1.65 bits per heavy atom. The monoisotopic (exact) mass is 244 g/mol. The zero-order valence-electron chi connectivity index (χ0n) is 11.8. The maximum absolute atomic E-state index is 11.7. The molecule has 0 fully saturated rings. The first-order valence-corrected chi connectivity index (χ1v) is 5.75. The van der Waals surface area contributed by atoms with E-state index in [0.29, 0.717) is 0 Å². The fourth-order valence-corrected chi connectivity index (χ4v) is 1.24. The predicted octanol–water partition coefficient (Wildman–Crippen LogP) is 1.62. The van der Waals surface area contributed by atoms with E-state index in [1.807, 2.05) is 0 Å². The molecule has 0 aromatic rings. The van der Waals surface area contributed by atoms with Crippen LogP contribution in [-0.4, -0.2) is 42.6 Å². The van der Waals surface area contributed by atoms with Gasteiger partial charge in [0.15, 0.2) is 0 Å². The molecule has 2 atom stereocenters. The fraction of sp³-hybridized carbons (Fsp3) is 0.833. The van der Waals surface area contributed by atoms with Crippen molar-refractivity contribution in [2.45, 2.75) is 46.3 Å². The highest BCUT2D eigenvalue weighted by Crippen LogP contribution is 2.09. The highest BCUT2D eigenvalue weighted by Gasteiger charge is 2.25. The van der Waals surface area contributed by atoms with Crippen LogP contribution in [0.2, 0.25) is 0 Å². The molecule has 5 heteroatoms. The summed E-state index contributed by atoms with van der Waals surface area (Å²) >= 11 is 0. The lowest BCUT2D eigenvalue weighted by atomic mass is 10.0. The van der Waals surface area contributed by atoms with Gasteiger partial charge < -0.3 is 15.0 Å². The van der Waals surface area contributed by atoms with Crippen LogP contribution in [0.5, 0.6) is 0 Å². The van der Waals surface area contributed by atoms with E-state index in [2.05, 4.69) is 5.32 Å². The molecule has 2 amide bonds. The number of carbonyl (C=O) groups is 2. The minimum atomic E-state index is -0.529. The molecule has 0 aromatic heterocycles. The third-order valence-electron chi connectivity index (χ3n) is 2.32. The number of ether oxygens (including phenoxy) is 1. The van der Waals surface area contributed by atoms with E-state index >= 15 is 0 Å². The molecule has 0 aromatic carbocycles. The summed E-state index contributed by atoms with van der Waals surface area (Å²) in [4.78, 5) is 24.7. The van der Waals surface area contributed by atoms with E-state index in [0.717, 1.165) is 0 Å². The van der Waals surface area contributed by atoms with Crippen molar-refractivity contribution in [1.29, 1.82) is 0 Å². The number of hydrogen-bond acceptors (Lipinski definition) is 3. The summed E-state index contributed by atoms with van der Waals surface area (Å²) in [6.07, 6.45) is -0.497. The van der Waals surface area contributed by atoms with Gasteiger partial charge in [-0.25, -0.2) is 4.79 Å². The first kappa shape index (κ1) is 15.7. The van der Waals surface area contributed by atoms with Gasteiger partial charge in [0.1, 0.15) is 5.60 Å². The number of amides is 2. The summed E-state index contributed by atoms with van der Waals surface area (Å²) in [7, 11) is 3.39. The second-order valence-electron chi connectivity index (χ2n) is 5.46. The summed E-state index contributed by atoms with van der Waals surface area (Å²) in [5.74, 6) is -0.300. The summed E-state index contributed by atoms with van der Waals surface area (Å²) in [5, 5.41) is 2.66. The van der Waals surface area contributed by atoms with E-state index in [1.54, 1.807) is 48.7 Å². The maximum atomic E-state index is 11.7. The Morgan fingerprint density at radius 3 is 2.00 bits per heavy atom. The predicted molar refractivity (Wildman–Crippen MR) is 66.7 cm³/mol. The first-order chi connectivity index (χ1) is 7.54. The Labute approximate surface area is 103 Å². The smallest absolute Gasteiger partial charge is 0.407 e. The van der Waals surface area contributed by atoms with Gasteiger partial charge in [0.25, 0.3) is 0 Å². The summed E-state index contributed by atoms with van der Waals surface area (Å²) in [6.45, 7) is 8.96. The van der Waals surface area contributed by atoms with Crippen molar-refractivity contribution in [3.05, 3.63) is 0 Å². The van der Waals surface area contributed by atoms with E-state index in [1.165, 1.54) is 4.90 Å². The second-order valence-corrected chi connectivity index (χ2v) is 5.46. The lowest BCUT2D eigenvalue weighted by molar-refractivity contribution is -0.133. The summed E-state index contributed by atoms with van der Waals surface area (Å²) in [6, 6.07) is -0.264. The topological polar surface area (TPSA) is 58.6 Å². The van der Waals surface area contributed by atoms with E-state index < -0.39 is 11.7 Å². The molecule has 0 radical (unpaired) electrons. The molecule has 0 heterocycles. The average Bonchev–Trinajstić information content (AvgIpc) is 2.11. The molecule has 0 spiro atoms. The number of nitrogens with zero attached hydrogens (tertiary/aromatic N) is 1. The van der Waals surface area contributed by atoms with Crippen molar-refractivity contribution in [1.82, 2.24) is 10.2 Å². The Morgan fingerprint density at radius 1 is 1.18 bits per heavy atom. The van der Waals surface area contributed by atoms with Crippen LogP contribution in [0.4, 0.5) is 4.79 Å². The van der Waals surface area contributed by atoms with Crippen molar-refractivity contribution < 1.29 is 14.3 Å². The maximum Gasteiger partial charge on any atom is 0.407 e. The zero-order chi connectivity index (χ0) is 13.8. The van der Waals surface area contributed by atoms with Crippen LogP contribution >= 0.6 is 0 Å². The van der Waals surface area contributed by atoms with Crippen LogP contribution in [0.15, 0.2) is 0 Å². The van der Waals surface area contributed by atoms with Gasteiger partial charge in [-0.1, -0.05) is 6.92 Å². The van der Waals surface area contributed by atoms with Crippen LogP contribution in [0.3, 0.4) is 0 Å². The summed E-state index contributed by atoms with van der Waals surface area (Å²) in [5.41, 5.74) is -0.529. The molecule has 2 unspecified atom stereocenters. The zero-order valence-corrected chi connectivity index (χ0v) is 11.8. The molecule has 0 saturated carbocycles. The van der Waals surface area contributed by atoms with Crippen molar-refractivity contribution >= 4 is 12.0 Å². The molecule has 0 aliphatic heterocycles. The minimum absolute atomic E-state index is 0.0199. The lowest BCUT2D eigenvalue weighted by Crippen LogP contribution is -2.45. The van der Waals surface area contributed by atoms with Crippen LogP contribution in [0.25, 0.3) is 0 Å². The molecular weight excluding hydrogens is 220 g/mol. The van der Waals surface area contributed by atoms with Gasteiger partial charge in [-0.05, 0) is 27.7 Å². The van der Waals surface area contributed by atoms with Gasteiger partial charge in [0.05, 0.1) is 5.92 Å². The summed E-state index contributed by atoms with van der Waals surface area (Å²) < 4.78 is 5.12. The standard InChI is InChI=1S/C12H24N2O3/c1-8(10(15)14(6)7)9(2)13-11(16)17-12(3,4)5/h8-9H,1-7H3,(H,13,16). The Hall–Kier alpha value is -1.26. The second kappa shape index (κ2) is 5.89. The molecule has 5 nitrogen and oxygen atoms in total. The van der Waals surface area contributed by atoms with Gasteiger partial charge in [-0.15, -0.1) is 0 Å². The third-order valence-corrected chi connectivity index (χ3v) is 2.32.